The van der Waals surface area contributed by atoms with Crippen LogP contribution in [-0.2, 0) is 4.79 Å². The van der Waals surface area contributed by atoms with Crippen LogP contribution in [0.15, 0.2) is 12.1 Å². The molecule has 1 atom stereocenters. The van der Waals surface area contributed by atoms with Crippen LogP contribution in [0.25, 0.3) is 0 Å². The third kappa shape index (κ3) is 2.47. The first-order valence-electron chi connectivity index (χ1n) is 4.90. The Bertz CT molecular complexity index is 422. The van der Waals surface area contributed by atoms with E-state index in [-0.39, 0.29) is 23.6 Å². The van der Waals surface area contributed by atoms with E-state index in [1.807, 2.05) is 0 Å². The molecule has 0 aliphatic carbocycles. The lowest BCUT2D eigenvalue weighted by molar-refractivity contribution is -0.138. The highest BCUT2D eigenvalue weighted by atomic mass is 19.1. The normalized spacial score (nSPS) is 12.0. The molecule has 94 valence electrons. The SMILES string of the molecule is COc1ccc(OC)c(C(CN)C(=O)O)c1F. The Morgan fingerprint density at radius 3 is 2.35 bits per heavy atom. The molecule has 0 amide bonds. The number of carboxylic acids is 1. The molecule has 0 saturated carbocycles. The zero-order valence-electron chi connectivity index (χ0n) is 9.57. The van der Waals surface area contributed by atoms with Crippen molar-refractivity contribution in [3.63, 3.8) is 0 Å². The molecule has 17 heavy (non-hydrogen) atoms. The Labute approximate surface area is 97.9 Å². The van der Waals surface area contributed by atoms with Crippen LogP contribution in [0.1, 0.15) is 11.5 Å². The van der Waals surface area contributed by atoms with Gasteiger partial charge in [0.25, 0.3) is 0 Å². The van der Waals surface area contributed by atoms with Crippen molar-refractivity contribution in [1.29, 1.82) is 0 Å². The summed E-state index contributed by atoms with van der Waals surface area (Å²) in [5, 5.41) is 8.99. The van der Waals surface area contributed by atoms with Crippen molar-refractivity contribution < 1.29 is 23.8 Å². The van der Waals surface area contributed by atoms with Gasteiger partial charge in [0.15, 0.2) is 11.6 Å². The van der Waals surface area contributed by atoms with Gasteiger partial charge in [-0.3, -0.25) is 4.79 Å². The van der Waals surface area contributed by atoms with E-state index in [9.17, 15) is 9.18 Å². The van der Waals surface area contributed by atoms with Gasteiger partial charge in [-0.2, -0.15) is 0 Å². The van der Waals surface area contributed by atoms with Crippen molar-refractivity contribution in [1.82, 2.24) is 0 Å². The summed E-state index contributed by atoms with van der Waals surface area (Å²) in [5.74, 6) is -3.04. The Balaban J connectivity index is 3.40. The lowest BCUT2D eigenvalue weighted by atomic mass is 9.97. The van der Waals surface area contributed by atoms with Crippen LogP contribution in [0.4, 0.5) is 4.39 Å². The quantitative estimate of drug-likeness (QED) is 0.805. The molecule has 0 saturated heterocycles. The smallest absolute Gasteiger partial charge is 0.312 e. The molecule has 1 aromatic carbocycles. The van der Waals surface area contributed by atoms with Crippen LogP contribution >= 0.6 is 0 Å². The standard InChI is InChI=1S/C11H14FNO4/c1-16-7-3-4-8(17-2)10(12)9(7)6(5-13)11(14)15/h3-4,6H,5,13H2,1-2H3,(H,14,15). The number of benzene rings is 1. The molecule has 0 aliphatic rings. The van der Waals surface area contributed by atoms with Crippen molar-refractivity contribution in [3.05, 3.63) is 23.5 Å². The van der Waals surface area contributed by atoms with Gasteiger partial charge in [-0.05, 0) is 12.1 Å². The molecule has 0 aliphatic heterocycles. The number of hydrogen-bond donors (Lipinski definition) is 2. The third-order valence-electron chi connectivity index (χ3n) is 2.43. The number of rotatable bonds is 5. The first kappa shape index (κ1) is 13.2. The highest BCUT2D eigenvalue weighted by molar-refractivity contribution is 5.78. The maximum absolute atomic E-state index is 14.0. The lowest BCUT2D eigenvalue weighted by Crippen LogP contribution is -2.23. The van der Waals surface area contributed by atoms with Crippen LogP contribution in [0.2, 0.25) is 0 Å². The fraction of sp³-hybridized carbons (Fsp3) is 0.364. The molecule has 6 heteroatoms. The van der Waals surface area contributed by atoms with E-state index in [0.717, 1.165) is 0 Å². The van der Waals surface area contributed by atoms with Crippen molar-refractivity contribution in [2.24, 2.45) is 5.73 Å². The Kier molecular flexibility index (Phi) is 4.28. The second-order valence-corrected chi connectivity index (χ2v) is 3.32. The number of halogens is 1. The molecular formula is C11H14FNO4. The predicted molar refractivity (Wildman–Crippen MR) is 58.9 cm³/mol. The predicted octanol–water partition coefficient (Wildman–Crippen LogP) is 0.970. The van der Waals surface area contributed by atoms with Gasteiger partial charge >= 0.3 is 5.97 Å². The lowest BCUT2D eigenvalue weighted by Gasteiger charge is -2.16. The number of aliphatic carboxylic acids is 1. The Morgan fingerprint density at radius 1 is 1.41 bits per heavy atom. The van der Waals surface area contributed by atoms with E-state index < -0.39 is 17.7 Å². The summed E-state index contributed by atoms with van der Waals surface area (Å²) in [7, 11) is 2.63. The van der Waals surface area contributed by atoms with E-state index in [0.29, 0.717) is 0 Å². The summed E-state index contributed by atoms with van der Waals surface area (Å²) < 4.78 is 23.7. The molecule has 0 fully saturated rings. The van der Waals surface area contributed by atoms with Gasteiger partial charge in [0.2, 0.25) is 0 Å². The fourth-order valence-electron chi connectivity index (χ4n) is 1.56. The number of ether oxygens (including phenoxy) is 2. The van der Waals surface area contributed by atoms with Gasteiger partial charge < -0.3 is 20.3 Å². The maximum Gasteiger partial charge on any atom is 0.312 e. The molecule has 0 bridgehead atoms. The number of carbonyl (C=O) groups is 1. The highest BCUT2D eigenvalue weighted by Crippen LogP contribution is 2.34. The van der Waals surface area contributed by atoms with Crippen LogP contribution in [0, 0.1) is 5.82 Å². The molecule has 3 N–H and O–H groups in total. The minimum atomic E-state index is -1.21. The molecule has 0 radical (unpaired) electrons. The number of methoxy groups -OCH3 is 2. The molecule has 1 rings (SSSR count). The summed E-state index contributed by atoms with van der Waals surface area (Å²) in [6.07, 6.45) is 0. The van der Waals surface area contributed by atoms with E-state index in [4.69, 9.17) is 20.3 Å². The number of hydrogen-bond acceptors (Lipinski definition) is 4. The van der Waals surface area contributed by atoms with Crippen LogP contribution in [0.3, 0.4) is 0 Å². The van der Waals surface area contributed by atoms with Gasteiger partial charge in [-0.1, -0.05) is 0 Å². The van der Waals surface area contributed by atoms with Crippen molar-refractivity contribution in [2.75, 3.05) is 20.8 Å². The number of nitrogens with two attached hydrogens (primary N) is 1. The average Bonchev–Trinajstić information content (AvgIpc) is 2.31. The molecule has 0 aromatic heterocycles. The molecular weight excluding hydrogens is 229 g/mol. The second kappa shape index (κ2) is 5.49. The van der Waals surface area contributed by atoms with Crippen molar-refractivity contribution >= 4 is 5.97 Å². The first-order valence-corrected chi connectivity index (χ1v) is 4.90. The van der Waals surface area contributed by atoms with Crippen LogP contribution in [-0.4, -0.2) is 31.8 Å². The zero-order chi connectivity index (χ0) is 13.0. The topological polar surface area (TPSA) is 81.8 Å². The van der Waals surface area contributed by atoms with Gasteiger partial charge in [-0.25, -0.2) is 4.39 Å². The third-order valence-corrected chi connectivity index (χ3v) is 2.43. The minimum Gasteiger partial charge on any atom is -0.496 e. The average molecular weight is 243 g/mol. The van der Waals surface area contributed by atoms with E-state index in [1.165, 1.54) is 26.4 Å². The van der Waals surface area contributed by atoms with Gasteiger partial charge in [0.05, 0.1) is 14.2 Å². The van der Waals surface area contributed by atoms with E-state index >= 15 is 0 Å². The van der Waals surface area contributed by atoms with E-state index in [2.05, 4.69) is 0 Å². The summed E-state index contributed by atoms with van der Waals surface area (Å²) in [6, 6.07) is 2.82. The molecule has 5 nitrogen and oxygen atoms in total. The second-order valence-electron chi connectivity index (χ2n) is 3.32. The Hall–Kier alpha value is -1.82. The molecule has 1 unspecified atom stereocenters. The van der Waals surface area contributed by atoms with Crippen LogP contribution < -0.4 is 15.2 Å². The molecule has 1 aromatic rings. The first-order chi connectivity index (χ1) is 8.06. The molecule has 0 heterocycles. The van der Waals surface area contributed by atoms with Gasteiger partial charge in [0, 0.05) is 12.1 Å². The van der Waals surface area contributed by atoms with Crippen molar-refractivity contribution in [2.45, 2.75) is 5.92 Å². The van der Waals surface area contributed by atoms with Gasteiger partial charge in [-0.15, -0.1) is 0 Å². The highest BCUT2D eigenvalue weighted by Gasteiger charge is 2.27. The van der Waals surface area contributed by atoms with Gasteiger partial charge in [0.1, 0.15) is 11.7 Å². The fourth-order valence-corrected chi connectivity index (χ4v) is 1.56. The summed E-state index contributed by atoms with van der Waals surface area (Å²) in [4.78, 5) is 11.0. The summed E-state index contributed by atoms with van der Waals surface area (Å²) in [5.41, 5.74) is 5.25. The monoisotopic (exact) mass is 243 g/mol. The van der Waals surface area contributed by atoms with E-state index in [1.54, 1.807) is 0 Å². The van der Waals surface area contributed by atoms with Crippen LogP contribution in [0.5, 0.6) is 11.5 Å². The maximum atomic E-state index is 14.0. The minimum absolute atomic E-state index is 0.0412. The summed E-state index contributed by atoms with van der Waals surface area (Å²) >= 11 is 0. The largest absolute Gasteiger partial charge is 0.496 e. The summed E-state index contributed by atoms with van der Waals surface area (Å²) in [6.45, 7) is -0.226. The Morgan fingerprint density at radius 2 is 1.94 bits per heavy atom. The van der Waals surface area contributed by atoms with Crippen molar-refractivity contribution in [3.8, 4) is 11.5 Å². The number of carboxylic acid groups (broad SMARTS) is 1. The molecule has 0 spiro atoms. The zero-order valence-corrected chi connectivity index (χ0v) is 9.57.